The zero-order valence-corrected chi connectivity index (χ0v) is 8.75. The van der Waals surface area contributed by atoms with Crippen molar-refractivity contribution >= 4 is 16.9 Å². The van der Waals surface area contributed by atoms with Crippen LogP contribution in [0.2, 0.25) is 0 Å². The maximum Gasteiger partial charge on any atom is 0.205 e. The first-order valence-electron chi connectivity index (χ1n) is 4.25. The summed E-state index contributed by atoms with van der Waals surface area (Å²) in [6.45, 7) is 0. The van der Waals surface area contributed by atoms with E-state index in [9.17, 15) is 4.79 Å². The Morgan fingerprint density at radius 1 is 1.50 bits per heavy atom. The van der Waals surface area contributed by atoms with E-state index in [4.69, 9.17) is 10.8 Å². The molecule has 0 spiro atoms. The van der Waals surface area contributed by atoms with E-state index in [-0.39, 0.29) is 10.9 Å². The molecule has 3 nitrogen and oxygen atoms in total. The molecule has 1 aromatic carbocycles. The minimum Gasteiger partial charge on any atom is -0.508 e. The van der Waals surface area contributed by atoms with E-state index in [1.165, 1.54) is 0 Å². The first kappa shape index (κ1) is 11.1. The largest absolute Gasteiger partial charge is 0.508 e. The Balaban J connectivity index is 2.60. The Morgan fingerprint density at radius 2 is 2.07 bits per heavy atom. The minimum atomic E-state index is -0.463. The molecule has 0 aliphatic carbocycles. The fourth-order valence-electron chi connectivity index (χ4n) is 1.12. The van der Waals surface area contributed by atoms with Crippen molar-refractivity contribution in [3.8, 4) is 5.75 Å². The van der Waals surface area contributed by atoms with E-state index in [0.29, 0.717) is 6.42 Å². The normalized spacial score (nSPS) is 12.4. The number of hydrogen-bond donors (Lipinski definition) is 2. The van der Waals surface area contributed by atoms with Gasteiger partial charge in [-0.3, -0.25) is 4.79 Å². The first-order chi connectivity index (χ1) is 6.63. The van der Waals surface area contributed by atoms with Gasteiger partial charge in [-0.25, -0.2) is 0 Å². The van der Waals surface area contributed by atoms with Crippen LogP contribution >= 0.6 is 11.8 Å². The highest BCUT2D eigenvalue weighted by molar-refractivity contribution is 8.13. The summed E-state index contributed by atoms with van der Waals surface area (Å²) in [5.41, 5.74) is 6.62. The summed E-state index contributed by atoms with van der Waals surface area (Å²) < 4.78 is 0. The number of benzene rings is 1. The molecule has 0 amide bonds. The number of nitrogens with two attached hydrogens (primary N) is 1. The van der Waals surface area contributed by atoms with Gasteiger partial charge in [0.05, 0.1) is 6.04 Å². The van der Waals surface area contributed by atoms with Crippen molar-refractivity contribution in [1.82, 2.24) is 0 Å². The van der Waals surface area contributed by atoms with E-state index >= 15 is 0 Å². The molecule has 0 fully saturated rings. The molecule has 0 saturated heterocycles. The van der Waals surface area contributed by atoms with Crippen molar-refractivity contribution in [2.75, 3.05) is 6.26 Å². The van der Waals surface area contributed by atoms with Crippen LogP contribution in [0.3, 0.4) is 0 Å². The Labute approximate surface area is 87.3 Å². The topological polar surface area (TPSA) is 63.3 Å². The van der Waals surface area contributed by atoms with Gasteiger partial charge in [-0.1, -0.05) is 23.9 Å². The molecule has 0 aliphatic rings. The fourth-order valence-corrected chi connectivity index (χ4v) is 1.51. The van der Waals surface area contributed by atoms with E-state index in [0.717, 1.165) is 17.3 Å². The highest BCUT2D eigenvalue weighted by atomic mass is 32.2. The predicted octanol–water partition coefficient (Wildman–Crippen LogP) is 1.15. The van der Waals surface area contributed by atoms with Crippen molar-refractivity contribution in [3.63, 3.8) is 0 Å². The third-order valence-corrected chi connectivity index (χ3v) is 2.60. The second-order valence-electron chi connectivity index (χ2n) is 3.00. The molecule has 14 heavy (non-hydrogen) atoms. The highest BCUT2D eigenvalue weighted by Gasteiger charge is 2.12. The number of carbonyl (C=O) groups excluding carboxylic acids is 1. The Morgan fingerprint density at radius 3 is 2.57 bits per heavy atom. The van der Waals surface area contributed by atoms with Crippen LogP contribution < -0.4 is 5.73 Å². The van der Waals surface area contributed by atoms with E-state index in [1.54, 1.807) is 30.5 Å². The number of phenols is 1. The lowest BCUT2D eigenvalue weighted by atomic mass is 10.1. The van der Waals surface area contributed by atoms with Gasteiger partial charge in [-0.2, -0.15) is 0 Å². The lowest BCUT2D eigenvalue weighted by Gasteiger charge is -2.08. The van der Waals surface area contributed by atoms with Gasteiger partial charge in [-0.15, -0.1) is 0 Å². The van der Waals surface area contributed by atoms with Gasteiger partial charge in [0.1, 0.15) is 5.75 Å². The standard InChI is InChI=1S/C10H13NO2S/c1-14-10(13)9(11)6-7-2-4-8(12)5-3-7/h2-5,9,12H,6,11H2,1H3. The molecule has 0 saturated carbocycles. The lowest BCUT2D eigenvalue weighted by Crippen LogP contribution is -2.30. The molecule has 4 heteroatoms. The summed E-state index contributed by atoms with van der Waals surface area (Å²) in [5, 5.41) is 9.03. The molecular weight excluding hydrogens is 198 g/mol. The Bertz CT molecular complexity index is 310. The summed E-state index contributed by atoms with van der Waals surface area (Å²) in [7, 11) is 0. The number of thioether (sulfide) groups is 1. The van der Waals surface area contributed by atoms with Crippen molar-refractivity contribution in [1.29, 1.82) is 0 Å². The molecule has 3 N–H and O–H groups in total. The van der Waals surface area contributed by atoms with Crippen molar-refractivity contribution in [3.05, 3.63) is 29.8 Å². The van der Waals surface area contributed by atoms with Gasteiger partial charge in [0.25, 0.3) is 0 Å². The van der Waals surface area contributed by atoms with Gasteiger partial charge in [0.15, 0.2) is 0 Å². The fraction of sp³-hybridized carbons (Fsp3) is 0.300. The van der Waals surface area contributed by atoms with Crippen LogP contribution in [0.1, 0.15) is 5.56 Å². The molecule has 1 unspecified atom stereocenters. The number of aromatic hydroxyl groups is 1. The third kappa shape index (κ3) is 3.05. The number of carbonyl (C=O) groups is 1. The molecule has 76 valence electrons. The zero-order valence-electron chi connectivity index (χ0n) is 7.93. The van der Waals surface area contributed by atoms with Gasteiger partial charge in [-0.05, 0) is 30.4 Å². The van der Waals surface area contributed by atoms with Gasteiger partial charge >= 0.3 is 0 Å². The molecule has 0 heterocycles. The van der Waals surface area contributed by atoms with Gasteiger partial charge < -0.3 is 10.8 Å². The summed E-state index contributed by atoms with van der Waals surface area (Å²) in [4.78, 5) is 11.2. The average molecular weight is 211 g/mol. The van der Waals surface area contributed by atoms with Crippen LogP contribution in [0.15, 0.2) is 24.3 Å². The molecule has 0 bridgehead atoms. The summed E-state index contributed by atoms with van der Waals surface area (Å²) >= 11 is 1.14. The maximum atomic E-state index is 11.2. The first-order valence-corrected chi connectivity index (χ1v) is 5.47. The van der Waals surface area contributed by atoms with Crippen molar-refractivity contribution in [2.24, 2.45) is 5.73 Å². The lowest BCUT2D eigenvalue weighted by molar-refractivity contribution is -0.112. The van der Waals surface area contributed by atoms with Crippen LogP contribution in [0, 0.1) is 0 Å². The van der Waals surface area contributed by atoms with E-state index in [2.05, 4.69) is 0 Å². The second kappa shape index (κ2) is 5.02. The molecule has 1 atom stereocenters. The van der Waals surface area contributed by atoms with Crippen LogP contribution in [-0.4, -0.2) is 22.5 Å². The average Bonchev–Trinajstić information content (AvgIpc) is 2.20. The van der Waals surface area contributed by atoms with Crippen LogP contribution in [-0.2, 0) is 11.2 Å². The smallest absolute Gasteiger partial charge is 0.205 e. The summed E-state index contributed by atoms with van der Waals surface area (Å²) in [5.74, 6) is 0.221. The van der Waals surface area contributed by atoms with Crippen LogP contribution in [0.4, 0.5) is 0 Å². The number of hydrogen-bond acceptors (Lipinski definition) is 4. The highest BCUT2D eigenvalue weighted by Crippen LogP contribution is 2.12. The summed E-state index contributed by atoms with van der Waals surface area (Å²) in [6.07, 6.45) is 2.24. The monoisotopic (exact) mass is 211 g/mol. The molecule has 1 rings (SSSR count). The molecule has 0 aromatic heterocycles. The van der Waals surface area contributed by atoms with E-state index < -0.39 is 6.04 Å². The second-order valence-corrected chi connectivity index (χ2v) is 3.81. The van der Waals surface area contributed by atoms with E-state index in [1.807, 2.05) is 0 Å². The quantitative estimate of drug-likeness (QED) is 0.787. The molecule has 1 aromatic rings. The SMILES string of the molecule is CSC(=O)C(N)Cc1ccc(O)cc1. The number of rotatable bonds is 3. The van der Waals surface area contributed by atoms with Crippen molar-refractivity contribution in [2.45, 2.75) is 12.5 Å². The molecule has 0 aliphatic heterocycles. The minimum absolute atomic E-state index is 0.0157. The van der Waals surface area contributed by atoms with Crippen LogP contribution in [0.25, 0.3) is 0 Å². The Hall–Kier alpha value is -1.00. The van der Waals surface area contributed by atoms with Gasteiger partial charge in [0, 0.05) is 0 Å². The van der Waals surface area contributed by atoms with Gasteiger partial charge in [0.2, 0.25) is 5.12 Å². The Kier molecular flexibility index (Phi) is 3.98. The van der Waals surface area contributed by atoms with Crippen LogP contribution in [0.5, 0.6) is 5.75 Å². The molecule has 0 radical (unpaired) electrons. The van der Waals surface area contributed by atoms with Crippen molar-refractivity contribution < 1.29 is 9.90 Å². The molecular formula is C10H13NO2S. The maximum absolute atomic E-state index is 11.2. The third-order valence-electron chi connectivity index (χ3n) is 1.90. The number of phenolic OH excluding ortho intramolecular Hbond substituents is 1. The predicted molar refractivity (Wildman–Crippen MR) is 58.3 cm³/mol. The summed E-state index contributed by atoms with van der Waals surface area (Å²) in [6, 6.07) is 6.25. The zero-order chi connectivity index (χ0) is 10.6.